The summed E-state index contributed by atoms with van der Waals surface area (Å²) in [6.45, 7) is 1.97. The molecule has 1 atom stereocenters. The predicted molar refractivity (Wildman–Crippen MR) is 86.6 cm³/mol. The minimum atomic E-state index is -0.208. The van der Waals surface area contributed by atoms with Crippen LogP contribution in [-0.2, 0) is 0 Å². The number of carbonyl (C=O) groups excluding carboxylic acids is 1. The predicted octanol–water partition coefficient (Wildman–Crippen LogP) is 4.18. The van der Waals surface area contributed by atoms with Gasteiger partial charge in [0.2, 0.25) is 0 Å². The van der Waals surface area contributed by atoms with E-state index >= 15 is 0 Å². The maximum absolute atomic E-state index is 12.1. The third kappa shape index (κ3) is 3.03. The molecule has 0 unspecified atom stereocenters. The number of benzene rings is 1. The second-order valence-electron chi connectivity index (χ2n) is 4.74. The number of anilines is 1. The monoisotopic (exact) mass is 297 g/mol. The van der Waals surface area contributed by atoms with E-state index in [2.05, 4.69) is 15.6 Å². The van der Waals surface area contributed by atoms with Crippen molar-refractivity contribution in [1.82, 2.24) is 10.3 Å². The summed E-state index contributed by atoms with van der Waals surface area (Å²) in [5, 5.41) is 9.83. The van der Waals surface area contributed by atoms with Crippen molar-refractivity contribution < 1.29 is 4.79 Å². The van der Waals surface area contributed by atoms with E-state index in [4.69, 9.17) is 0 Å². The topological polar surface area (TPSA) is 54.0 Å². The quantitative estimate of drug-likeness (QED) is 0.762. The summed E-state index contributed by atoms with van der Waals surface area (Å²) in [5.41, 5.74) is 0.783. The third-order valence-corrected chi connectivity index (χ3v) is 4.30. The first-order valence-corrected chi connectivity index (χ1v) is 7.55. The molecule has 2 heterocycles. The molecule has 3 rings (SSSR count). The maximum Gasteiger partial charge on any atom is 0.319 e. The zero-order chi connectivity index (χ0) is 14.7. The number of fused-ring (bicyclic) bond motifs is 1. The molecule has 0 saturated carbocycles. The van der Waals surface area contributed by atoms with Crippen molar-refractivity contribution in [2.75, 3.05) is 5.32 Å². The molecule has 21 heavy (non-hydrogen) atoms. The van der Waals surface area contributed by atoms with E-state index in [1.807, 2.05) is 48.7 Å². The summed E-state index contributed by atoms with van der Waals surface area (Å²) in [4.78, 5) is 17.3. The Bertz CT molecular complexity index is 750. The zero-order valence-corrected chi connectivity index (χ0v) is 12.4. The van der Waals surface area contributed by atoms with Crippen LogP contribution in [0.15, 0.2) is 54.2 Å². The lowest BCUT2D eigenvalue weighted by atomic mass is 10.1. The van der Waals surface area contributed by atoms with Gasteiger partial charge in [-0.15, -0.1) is 11.3 Å². The van der Waals surface area contributed by atoms with Crippen molar-refractivity contribution in [1.29, 1.82) is 0 Å². The number of pyridine rings is 1. The van der Waals surface area contributed by atoms with Gasteiger partial charge < -0.3 is 10.6 Å². The summed E-state index contributed by atoms with van der Waals surface area (Å²) in [6.07, 6.45) is 3.51. The molecule has 0 bridgehead atoms. The average Bonchev–Trinajstić information content (AvgIpc) is 3.02. The molecule has 0 fully saturated rings. The third-order valence-electron chi connectivity index (χ3n) is 3.25. The molecule has 0 aliphatic carbocycles. The van der Waals surface area contributed by atoms with E-state index in [1.54, 1.807) is 23.7 Å². The number of hydrogen-bond donors (Lipinski definition) is 2. The van der Waals surface area contributed by atoms with E-state index < -0.39 is 0 Å². The molecule has 4 nitrogen and oxygen atoms in total. The van der Waals surface area contributed by atoms with Crippen LogP contribution in [0.2, 0.25) is 0 Å². The van der Waals surface area contributed by atoms with Crippen LogP contribution in [0.1, 0.15) is 17.8 Å². The largest absolute Gasteiger partial charge is 0.331 e. The van der Waals surface area contributed by atoms with Crippen molar-refractivity contribution in [2.24, 2.45) is 0 Å². The molecular weight excluding hydrogens is 282 g/mol. The molecule has 0 saturated heterocycles. The number of thiophene rings is 1. The van der Waals surface area contributed by atoms with E-state index in [-0.39, 0.29) is 12.1 Å². The Morgan fingerprint density at radius 1 is 1.24 bits per heavy atom. The van der Waals surface area contributed by atoms with Gasteiger partial charge in [0.25, 0.3) is 0 Å². The molecule has 0 aliphatic rings. The standard InChI is InChI=1S/C16H15N3OS/c1-11(15-6-3-9-21-15)18-16(20)19-14-5-2-4-12-10-17-8-7-13(12)14/h2-11H,1H3,(H2,18,19,20)/t11-/m1/s1. The Morgan fingerprint density at radius 3 is 2.95 bits per heavy atom. The number of urea groups is 1. The molecule has 3 aromatic rings. The highest BCUT2D eigenvalue weighted by Gasteiger charge is 2.11. The first-order chi connectivity index (χ1) is 10.2. The van der Waals surface area contributed by atoms with E-state index in [1.165, 1.54) is 0 Å². The lowest BCUT2D eigenvalue weighted by molar-refractivity contribution is 0.249. The Kier molecular flexibility index (Phi) is 3.83. The van der Waals surface area contributed by atoms with Gasteiger partial charge in [0.05, 0.1) is 11.7 Å². The van der Waals surface area contributed by atoms with Gasteiger partial charge in [-0.3, -0.25) is 4.98 Å². The van der Waals surface area contributed by atoms with Gasteiger partial charge in [-0.1, -0.05) is 18.2 Å². The number of carbonyl (C=O) groups is 1. The number of amides is 2. The molecule has 2 N–H and O–H groups in total. The molecule has 0 radical (unpaired) electrons. The van der Waals surface area contributed by atoms with Gasteiger partial charge in [0.1, 0.15) is 0 Å². The summed E-state index contributed by atoms with van der Waals surface area (Å²) in [7, 11) is 0. The Morgan fingerprint density at radius 2 is 2.14 bits per heavy atom. The molecule has 0 aliphatic heterocycles. The Hall–Kier alpha value is -2.40. The van der Waals surface area contributed by atoms with Crippen LogP contribution in [-0.4, -0.2) is 11.0 Å². The normalized spacial score (nSPS) is 12.0. The second-order valence-corrected chi connectivity index (χ2v) is 5.72. The van der Waals surface area contributed by atoms with Gasteiger partial charge in [-0.2, -0.15) is 0 Å². The summed E-state index contributed by atoms with van der Waals surface area (Å²) >= 11 is 1.63. The molecule has 5 heteroatoms. The SMILES string of the molecule is C[C@@H](NC(=O)Nc1cccc2cnccc12)c1cccs1. The summed E-state index contributed by atoms with van der Waals surface area (Å²) in [5.74, 6) is 0. The first kappa shape index (κ1) is 13.6. The fraction of sp³-hybridized carbons (Fsp3) is 0.125. The van der Waals surface area contributed by atoms with Crippen LogP contribution >= 0.6 is 11.3 Å². The minimum absolute atomic E-state index is 0.0124. The van der Waals surface area contributed by atoms with Crippen molar-refractivity contribution >= 4 is 33.8 Å². The van der Waals surface area contributed by atoms with Gasteiger partial charge >= 0.3 is 6.03 Å². The van der Waals surface area contributed by atoms with Crippen LogP contribution < -0.4 is 10.6 Å². The van der Waals surface area contributed by atoms with E-state index in [0.717, 1.165) is 21.3 Å². The number of nitrogens with one attached hydrogen (secondary N) is 2. The Labute approximate surface area is 126 Å². The van der Waals surface area contributed by atoms with Gasteiger partial charge in [-0.25, -0.2) is 4.79 Å². The number of hydrogen-bond acceptors (Lipinski definition) is 3. The highest BCUT2D eigenvalue weighted by molar-refractivity contribution is 7.10. The van der Waals surface area contributed by atoms with Crippen LogP contribution in [0.25, 0.3) is 10.8 Å². The highest BCUT2D eigenvalue weighted by atomic mass is 32.1. The minimum Gasteiger partial charge on any atom is -0.331 e. The molecule has 0 spiro atoms. The first-order valence-electron chi connectivity index (χ1n) is 6.68. The molecular formula is C16H15N3OS. The van der Waals surface area contributed by atoms with E-state index in [0.29, 0.717) is 0 Å². The number of aromatic nitrogens is 1. The van der Waals surface area contributed by atoms with Gasteiger partial charge in [-0.05, 0) is 30.5 Å². The lowest BCUT2D eigenvalue weighted by Gasteiger charge is -2.14. The van der Waals surface area contributed by atoms with Crippen LogP contribution in [0.5, 0.6) is 0 Å². The highest BCUT2D eigenvalue weighted by Crippen LogP contribution is 2.23. The van der Waals surface area contributed by atoms with Crippen molar-refractivity contribution in [3.05, 3.63) is 59.0 Å². The van der Waals surface area contributed by atoms with Crippen LogP contribution in [0.3, 0.4) is 0 Å². The van der Waals surface area contributed by atoms with Gasteiger partial charge in [0, 0.05) is 28.0 Å². The summed E-state index contributed by atoms with van der Waals surface area (Å²) < 4.78 is 0. The fourth-order valence-corrected chi connectivity index (χ4v) is 2.93. The molecule has 2 aromatic heterocycles. The van der Waals surface area contributed by atoms with Crippen molar-refractivity contribution in [2.45, 2.75) is 13.0 Å². The molecule has 1 aromatic carbocycles. The molecule has 106 valence electrons. The van der Waals surface area contributed by atoms with Gasteiger partial charge in [0.15, 0.2) is 0 Å². The summed E-state index contributed by atoms with van der Waals surface area (Å²) in [6, 6.07) is 11.4. The zero-order valence-electron chi connectivity index (χ0n) is 11.5. The van der Waals surface area contributed by atoms with Crippen LogP contribution in [0, 0.1) is 0 Å². The lowest BCUT2D eigenvalue weighted by Crippen LogP contribution is -2.30. The fourth-order valence-electron chi connectivity index (χ4n) is 2.20. The van der Waals surface area contributed by atoms with Crippen LogP contribution in [0.4, 0.5) is 10.5 Å². The Balaban J connectivity index is 1.75. The average molecular weight is 297 g/mol. The van der Waals surface area contributed by atoms with Crippen molar-refractivity contribution in [3.63, 3.8) is 0 Å². The van der Waals surface area contributed by atoms with E-state index in [9.17, 15) is 4.79 Å². The number of nitrogens with zero attached hydrogens (tertiary/aromatic N) is 1. The number of rotatable bonds is 3. The maximum atomic E-state index is 12.1. The smallest absolute Gasteiger partial charge is 0.319 e. The molecule has 2 amide bonds. The second kappa shape index (κ2) is 5.93. The van der Waals surface area contributed by atoms with Crippen molar-refractivity contribution in [3.8, 4) is 0 Å².